The van der Waals surface area contributed by atoms with Crippen LogP contribution in [0.2, 0.25) is 0 Å². The van der Waals surface area contributed by atoms with E-state index in [9.17, 15) is 0 Å². The van der Waals surface area contributed by atoms with Crippen LogP contribution in [0, 0.1) is 11.3 Å². The Labute approximate surface area is 118 Å². The van der Waals surface area contributed by atoms with Crippen molar-refractivity contribution in [3.63, 3.8) is 0 Å². The Bertz CT molecular complexity index is 561. The van der Waals surface area contributed by atoms with Gasteiger partial charge in [-0.2, -0.15) is 0 Å². The van der Waals surface area contributed by atoms with Crippen LogP contribution in [0.15, 0.2) is 29.6 Å². The van der Waals surface area contributed by atoms with Crippen LogP contribution in [0.25, 0.3) is 10.1 Å². The van der Waals surface area contributed by atoms with Crippen molar-refractivity contribution in [2.24, 2.45) is 11.7 Å². The third kappa shape index (κ3) is 3.33. The number of fused-ring (bicyclic) bond motifs is 1. The largest absolute Gasteiger partial charge is 0.387 e. The number of nitrogens with one attached hydrogen (secondary N) is 1. The van der Waals surface area contributed by atoms with Gasteiger partial charge in [0.2, 0.25) is 0 Å². The quantitative estimate of drug-likeness (QED) is 0.628. The minimum absolute atomic E-state index is 0.116. The van der Waals surface area contributed by atoms with Crippen molar-refractivity contribution in [1.82, 2.24) is 4.90 Å². The summed E-state index contributed by atoms with van der Waals surface area (Å²) in [6.45, 7) is 6.91. The summed E-state index contributed by atoms with van der Waals surface area (Å²) in [6, 6.07) is 8.52. The fourth-order valence-electron chi connectivity index (χ4n) is 2.19. The van der Waals surface area contributed by atoms with Gasteiger partial charge < -0.3 is 5.73 Å². The Morgan fingerprint density at radius 1 is 1.42 bits per heavy atom. The van der Waals surface area contributed by atoms with Crippen LogP contribution < -0.4 is 5.73 Å². The monoisotopic (exact) mass is 275 g/mol. The van der Waals surface area contributed by atoms with Gasteiger partial charge in [0, 0.05) is 23.7 Å². The van der Waals surface area contributed by atoms with E-state index in [0.29, 0.717) is 0 Å². The molecule has 1 aromatic heterocycles. The zero-order valence-corrected chi connectivity index (χ0v) is 12.3. The molecule has 3 nitrogen and oxygen atoms in total. The average Bonchev–Trinajstić information content (AvgIpc) is 2.81. The second kappa shape index (κ2) is 6.17. The Morgan fingerprint density at radius 3 is 2.84 bits per heavy atom. The van der Waals surface area contributed by atoms with Crippen molar-refractivity contribution in [2.45, 2.75) is 20.4 Å². The SMILES string of the molecule is CCN(Cc1csc2ccccc12)CC(C)C(=N)N. The van der Waals surface area contributed by atoms with E-state index in [1.54, 1.807) is 11.3 Å². The molecule has 1 aromatic carbocycles. The molecule has 0 aliphatic heterocycles. The first-order valence-electron chi connectivity index (χ1n) is 6.63. The van der Waals surface area contributed by atoms with Crippen molar-refractivity contribution in [1.29, 1.82) is 5.41 Å². The Kier molecular flexibility index (Phi) is 4.56. The van der Waals surface area contributed by atoms with Crippen molar-refractivity contribution in [3.05, 3.63) is 35.2 Å². The summed E-state index contributed by atoms with van der Waals surface area (Å²) in [7, 11) is 0. The summed E-state index contributed by atoms with van der Waals surface area (Å²) in [5.74, 6) is 0.387. The highest BCUT2D eigenvalue weighted by Crippen LogP contribution is 2.26. The third-order valence-corrected chi connectivity index (χ3v) is 4.48. The number of nitrogens with zero attached hydrogens (tertiary/aromatic N) is 1. The predicted octanol–water partition coefficient (Wildman–Crippen LogP) is 3.30. The summed E-state index contributed by atoms with van der Waals surface area (Å²) < 4.78 is 1.34. The summed E-state index contributed by atoms with van der Waals surface area (Å²) in [4.78, 5) is 2.35. The van der Waals surface area contributed by atoms with E-state index in [1.807, 2.05) is 6.92 Å². The lowest BCUT2D eigenvalue weighted by Gasteiger charge is -2.23. The van der Waals surface area contributed by atoms with E-state index in [1.165, 1.54) is 15.6 Å². The minimum atomic E-state index is 0.116. The van der Waals surface area contributed by atoms with Crippen LogP contribution in [0.1, 0.15) is 19.4 Å². The smallest absolute Gasteiger partial charge is 0.0947 e. The van der Waals surface area contributed by atoms with Gasteiger partial charge in [0.1, 0.15) is 0 Å². The van der Waals surface area contributed by atoms with Gasteiger partial charge in [-0.3, -0.25) is 10.3 Å². The summed E-state index contributed by atoms with van der Waals surface area (Å²) in [5.41, 5.74) is 6.93. The molecule has 2 rings (SSSR count). The molecule has 0 saturated carbocycles. The van der Waals surface area contributed by atoms with Crippen molar-refractivity contribution in [3.8, 4) is 0 Å². The molecular weight excluding hydrogens is 254 g/mol. The van der Waals surface area contributed by atoms with Crippen LogP contribution >= 0.6 is 11.3 Å². The van der Waals surface area contributed by atoms with E-state index < -0.39 is 0 Å². The lowest BCUT2D eigenvalue weighted by atomic mass is 10.1. The molecular formula is C15H21N3S. The van der Waals surface area contributed by atoms with Crippen LogP contribution in [0.5, 0.6) is 0 Å². The molecule has 0 spiro atoms. The zero-order valence-electron chi connectivity index (χ0n) is 11.5. The normalized spacial score (nSPS) is 13.0. The van der Waals surface area contributed by atoms with Crippen LogP contribution in [0.4, 0.5) is 0 Å². The second-order valence-electron chi connectivity index (χ2n) is 4.94. The van der Waals surface area contributed by atoms with Gasteiger partial charge >= 0.3 is 0 Å². The molecule has 0 saturated heterocycles. The molecule has 19 heavy (non-hydrogen) atoms. The Hall–Kier alpha value is -1.39. The fourth-order valence-corrected chi connectivity index (χ4v) is 3.14. The maximum Gasteiger partial charge on any atom is 0.0947 e. The van der Waals surface area contributed by atoms with E-state index in [2.05, 4.69) is 41.5 Å². The molecule has 1 heterocycles. The maximum atomic E-state index is 7.50. The third-order valence-electron chi connectivity index (χ3n) is 3.47. The maximum absolute atomic E-state index is 7.50. The highest BCUT2D eigenvalue weighted by atomic mass is 32.1. The number of nitrogens with two attached hydrogens (primary N) is 1. The Morgan fingerprint density at radius 2 is 2.16 bits per heavy atom. The molecule has 0 aliphatic carbocycles. The average molecular weight is 275 g/mol. The van der Waals surface area contributed by atoms with Gasteiger partial charge in [-0.1, -0.05) is 32.0 Å². The molecule has 0 bridgehead atoms. The highest BCUT2D eigenvalue weighted by molar-refractivity contribution is 7.17. The molecule has 0 fully saturated rings. The highest BCUT2D eigenvalue weighted by Gasteiger charge is 2.13. The topological polar surface area (TPSA) is 53.1 Å². The van der Waals surface area contributed by atoms with Gasteiger partial charge in [-0.05, 0) is 28.9 Å². The molecule has 0 amide bonds. The van der Waals surface area contributed by atoms with E-state index in [-0.39, 0.29) is 11.8 Å². The first kappa shape index (κ1) is 14.0. The van der Waals surface area contributed by atoms with Crippen LogP contribution in [0.3, 0.4) is 0 Å². The van der Waals surface area contributed by atoms with E-state index in [4.69, 9.17) is 11.1 Å². The molecule has 102 valence electrons. The number of benzene rings is 1. The second-order valence-corrected chi connectivity index (χ2v) is 5.85. The fraction of sp³-hybridized carbons (Fsp3) is 0.400. The number of hydrogen-bond acceptors (Lipinski definition) is 3. The van der Waals surface area contributed by atoms with Crippen molar-refractivity contribution < 1.29 is 0 Å². The molecule has 3 N–H and O–H groups in total. The number of hydrogen-bond donors (Lipinski definition) is 2. The first-order valence-corrected chi connectivity index (χ1v) is 7.51. The van der Waals surface area contributed by atoms with Crippen molar-refractivity contribution in [2.75, 3.05) is 13.1 Å². The van der Waals surface area contributed by atoms with Crippen molar-refractivity contribution >= 4 is 27.3 Å². The predicted molar refractivity (Wildman–Crippen MR) is 83.9 cm³/mol. The lowest BCUT2D eigenvalue weighted by Crippen LogP contribution is -2.34. The first-order chi connectivity index (χ1) is 9.11. The molecule has 4 heteroatoms. The molecule has 0 radical (unpaired) electrons. The van der Waals surface area contributed by atoms with Crippen LogP contribution in [-0.2, 0) is 6.54 Å². The minimum Gasteiger partial charge on any atom is -0.387 e. The standard InChI is InChI=1S/C15H21N3S/c1-3-18(8-11(2)15(16)17)9-12-10-19-14-7-5-4-6-13(12)14/h4-7,10-11H,3,8-9H2,1-2H3,(H3,16,17). The molecule has 1 unspecified atom stereocenters. The van der Waals surface area contributed by atoms with Gasteiger partial charge in [0.15, 0.2) is 0 Å². The lowest BCUT2D eigenvalue weighted by molar-refractivity contribution is 0.264. The summed E-state index contributed by atoms with van der Waals surface area (Å²) in [6.07, 6.45) is 0. The molecule has 2 aromatic rings. The summed E-state index contributed by atoms with van der Waals surface area (Å²) in [5, 5.41) is 11.1. The van der Waals surface area contributed by atoms with Gasteiger partial charge in [-0.25, -0.2) is 0 Å². The number of amidine groups is 1. The number of thiophene rings is 1. The number of rotatable bonds is 6. The van der Waals surface area contributed by atoms with E-state index >= 15 is 0 Å². The van der Waals surface area contributed by atoms with E-state index in [0.717, 1.165) is 19.6 Å². The van der Waals surface area contributed by atoms with Gasteiger partial charge in [-0.15, -0.1) is 11.3 Å². The summed E-state index contributed by atoms with van der Waals surface area (Å²) >= 11 is 1.80. The molecule has 0 aliphatic rings. The van der Waals surface area contributed by atoms with Crippen LogP contribution in [-0.4, -0.2) is 23.8 Å². The zero-order chi connectivity index (χ0) is 13.8. The van der Waals surface area contributed by atoms with Gasteiger partial charge in [0.25, 0.3) is 0 Å². The molecule has 1 atom stereocenters. The van der Waals surface area contributed by atoms with Gasteiger partial charge in [0.05, 0.1) is 5.84 Å². The Balaban J connectivity index is 2.12.